The lowest BCUT2D eigenvalue weighted by Gasteiger charge is -2.15. The molecule has 21 heavy (non-hydrogen) atoms. The van der Waals surface area contributed by atoms with Crippen LogP contribution in [-0.2, 0) is 0 Å². The van der Waals surface area contributed by atoms with Crippen molar-refractivity contribution in [3.8, 4) is 0 Å². The number of hydrogen-bond donors (Lipinski definition) is 2. The van der Waals surface area contributed by atoms with Crippen LogP contribution >= 0.6 is 0 Å². The molecule has 1 unspecified atom stereocenters. The van der Waals surface area contributed by atoms with Crippen molar-refractivity contribution in [2.75, 3.05) is 17.7 Å². The Labute approximate surface area is 120 Å². The maximum Gasteiger partial charge on any atom is 0.353 e. The highest BCUT2D eigenvalue weighted by molar-refractivity contribution is 5.69. The maximum atomic E-state index is 12.9. The van der Waals surface area contributed by atoms with Gasteiger partial charge in [-0.1, -0.05) is 12.1 Å². The molecular formula is C13H14FN5O2. The first-order valence-corrected chi connectivity index (χ1v) is 6.22. The number of aromatic nitrogens is 2. The van der Waals surface area contributed by atoms with Crippen molar-refractivity contribution in [2.45, 2.75) is 13.0 Å². The van der Waals surface area contributed by atoms with Crippen LogP contribution in [0.4, 0.5) is 21.7 Å². The van der Waals surface area contributed by atoms with Crippen LogP contribution in [0.5, 0.6) is 0 Å². The Hall–Kier alpha value is -2.77. The van der Waals surface area contributed by atoms with Gasteiger partial charge in [-0.3, -0.25) is 10.1 Å². The Morgan fingerprint density at radius 2 is 1.86 bits per heavy atom. The fourth-order valence-electron chi connectivity index (χ4n) is 1.88. The van der Waals surface area contributed by atoms with Gasteiger partial charge >= 0.3 is 5.69 Å². The molecule has 8 heteroatoms. The first-order valence-electron chi connectivity index (χ1n) is 6.22. The summed E-state index contributed by atoms with van der Waals surface area (Å²) in [5.41, 5.74) is 0.560. The molecule has 2 N–H and O–H groups in total. The number of nitrogens with one attached hydrogen (secondary N) is 2. The minimum absolute atomic E-state index is 0.108. The van der Waals surface area contributed by atoms with Gasteiger partial charge in [0.15, 0.2) is 0 Å². The van der Waals surface area contributed by atoms with Gasteiger partial charge in [0, 0.05) is 7.05 Å². The van der Waals surface area contributed by atoms with E-state index in [9.17, 15) is 14.5 Å². The lowest BCUT2D eigenvalue weighted by Crippen LogP contribution is -2.11. The monoisotopic (exact) mass is 291 g/mol. The smallest absolute Gasteiger partial charge is 0.353 e. The van der Waals surface area contributed by atoms with Crippen LogP contribution in [0.15, 0.2) is 30.6 Å². The maximum absolute atomic E-state index is 12.9. The summed E-state index contributed by atoms with van der Waals surface area (Å²) in [6, 6.07) is 5.61. The van der Waals surface area contributed by atoms with E-state index in [1.165, 1.54) is 18.5 Å². The van der Waals surface area contributed by atoms with Gasteiger partial charge in [-0.2, -0.15) is 0 Å². The van der Waals surface area contributed by atoms with Crippen LogP contribution in [0.1, 0.15) is 18.5 Å². The minimum Gasteiger partial charge on any atom is -0.367 e. The van der Waals surface area contributed by atoms with E-state index in [1.54, 1.807) is 26.1 Å². The van der Waals surface area contributed by atoms with Gasteiger partial charge in [0.1, 0.15) is 12.1 Å². The van der Waals surface area contributed by atoms with Gasteiger partial charge in [-0.25, -0.2) is 14.4 Å². The molecule has 0 fully saturated rings. The second-order valence-electron chi connectivity index (χ2n) is 4.34. The van der Waals surface area contributed by atoms with Crippen molar-refractivity contribution in [3.63, 3.8) is 0 Å². The van der Waals surface area contributed by atoms with Crippen LogP contribution in [-0.4, -0.2) is 21.9 Å². The van der Waals surface area contributed by atoms with E-state index in [2.05, 4.69) is 20.6 Å². The highest BCUT2D eigenvalue weighted by Crippen LogP contribution is 2.31. The van der Waals surface area contributed by atoms with E-state index in [0.717, 1.165) is 5.56 Å². The molecule has 1 atom stereocenters. The van der Waals surface area contributed by atoms with E-state index in [0.29, 0.717) is 0 Å². The van der Waals surface area contributed by atoms with Crippen LogP contribution in [0.25, 0.3) is 0 Å². The first kappa shape index (κ1) is 14.6. The lowest BCUT2D eigenvalue weighted by molar-refractivity contribution is -0.383. The van der Waals surface area contributed by atoms with Gasteiger partial charge in [0.2, 0.25) is 11.6 Å². The highest BCUT2D eigenvalue weighted by Gasteiger charge is 2.23. The van der Waals surface area contributed by atoms with Crippen LogP contribution in [0.2, 0.25) is 0 Å². The Bertz CT molecular complexity index is 648. The van der Waals surface area contributed by atoms with Gasteiger partial charge in [-0.05, 0) is 24.6 Å². The van der Waals surface area contributed by atoms with Crippen molar-refractivity contribution in [1.82, 2.24) is 9.97 Å². The molecule has 1 heterocycles. The third-order valence-electron chi connectivity index (χ3n) is 2.96. The quantitative estimate of drug-likeness (QED) is 0.650. The van der Waals surface area contributed by atoms with Crippen molar-refractivity contribution in [2.24, 2.45) is 0 Å². The fraction of sp³-hybridized carbons (Fsp3) is 0.231. The van der Waals surface area contributed by atoms with Crippen molar-refractivity contribution < 1.29 is 9.31 Å². The molecule has 1 aromatic carbocycles. The number of nitrogens with zero attached hydrogens (tertiary/aromatic N) is 3. The third-order valence-corrected chi connectivity index (χ3v) is 2.96. The predicted molar refractivity (Wildman–Crippen MR) is 76.7 cm³/mol. The predicted octanol–water partition coefficient (Wildman–Crippen LogP) is 2.74. The molecule has 2 rings (SSSR count). The summed E-state index contributed by atoms with van der Waals surface area (Å²) in [5, 5.41) is 16.8. The standard InChI is InChI=1S/C13H14FN5O2/c1-8(9-3-5-10(14)6-4-9)18-13-11(19(20)21)12(15-2)16-7-17-13/h3-8H,1-2H3,(H2,15,16,17,18). The molecule has 0 spiro atoms. The Morgan fingerprint density at radius 1 is 1.24 bits per heavy atom. The van der Waals surface area contributed by atoms with Gasteiger partial charge in [-0.15, -0.1) is 0 Å². The Balaban J connectivity index is 2.30. The van der Waals surface area contributed by atoms with Crippen LogP contribution in [0, 0.1) is 15.9 Å². The summed E-state index contributed by atoms with van der Waals surface area (Å²) < 4.78 is 12.9. The molecule has 7 nitrogen and oxygen atoms in total. The number of rotatable bonds is 5. The summed E-state index contributed by atoms with van der Waals surface area (Å²) in [4.78, 5) is 18.3. The second kappa shape index (κ2) is 6.12. The average Bonchev–Trinajstić information content (AvgIpc) is 2.47. The van der Waals surface area contributed by atoms with Crippen LogP contribution < -0.4 is 10.6 Å². The zero-order chi connectivity index (χ0) is 15.4. The second-order valence-corrected chi connectivity index (χ2v) is 4.34. The van der Waals surface area contributed by atoms with Gasteiger partial charge < -0.3 is 10.6 Å². The zero-order valence-electron chi connectivity index (χ0n) is 11.5. The summed E-state index contributed by atoms with van der Waals surface area (Å²) in [7, 11) is 1.54. The van der Waals surface area contributed by atoms with Gasteiger partial charge in [0.05, 0.1) is 11.0 Å². The number of hydrogen-bond acceptors (Lipinski definition) is 6. The molecule has 0 aliphatic rings. The SMILES string of the molecule is CNc1ncnc(NC(C)c2ccc(F)cc2)c1[N+](=O)[O-]. The first-order chi connectivity index (χ1) is 10.0. The molecule has 110 valence electrons. The number of nitro groups is 1. The Morgan fingerprint density at radius 3 is 2.43 bits per heavy atom. The normalized spacial score (nSPS) is 11.8. The molecule has 0 radical (unpaired) electrons. The number of anilines is 2. The molecule has 0 amide bonds. The van der Waals surface area contributed by atoms with E-state index >= 15 is 0 Å². The van der Waals surface area contributed by atoms with E-state index in [1.807, 2.05) is 0 Å². The fourth-order valence-corrected chi connectivity index (χ4v) is 1.88. The minimum atomic E-state index is -0.550. The van der Waals surface area contributed by atoms with E-state index in [-0.39, 0.29) is 29.2 Å². The largest absolute Gasteiger partial charge is 0.367 e. The zero-order valence-corrected chi connectivity index (χ0v) is 11.5. The van der Waals surface area contributed by atoms with Gasteiger partial charge in [0.25, 0.3) is 0 Å². The molecule has 0 aliphatic heterocycles. The van der Waals surface area contributed by atoms with Crippen molar-refractivity contribution in [1.29, 1.82) is 0 Å². The molecule has 0 saturated heterocycles. The summed E-state index contributed by atoms with van der Waals surface area (Å²) in [6.45, 7) is 1.80. The average molecular weight is 291 g/mol. The number of halogens is 1. The molecule has 0 bridgehead atoms. The number of benzene rings is 1. The molecule has 0 aliphatic carbocycles. The molecule has 0 saturated carbocycles. The summed E-state index contributed by atoms with van der Waals surface area (Å²) in [6.07, 6.45) is 1.23. The third kappa shape index (κ3) is 3.22. The topological polar surface area (TPSA) is 93.0 Å². The summed E-state index contributed by atoms with van der Waals surface area (Å²) in [5.74, 6) is -0.101. The van der Waals surface area contributed by atoms with Crippen molar-refractivity contribution >= 4 is 17.3 Å². The lowest BCUT2D eigenvalue weighted by atomic mass is 10.1. The van der Waals surface area contributed by atoms with E-state index in [4.69, 9.17) is 0 Å². The summed E-state index contributed by atoms with van der Waals surface area (Å²) >= 11 is 0. The van der Waals surface area contributed by atoms with E-state index < -0.39 is 4.92 Å². The highest BCUT2D eigenvalue weighted by atomic mass is 19.1. The van der Waals surface area contributed by atoms with Crippen LogP contribution in [0.3, 0.4) is 0 Å². The molecule has 2 aromatic rings. The van der Waals surface area contributed by atoms with Crippen molar-refractivity contribution in [3.05, 3.63) is 52.1 Å². The Kier molecular flexibility index (Phi) is 4.27. The molecule has 1 aromatic heterocycles. The molecular weight excluding hydrogens is 277 g/mol.